The number of rotatable bonds is 8. The van der Waals surface area contributed by atoms with Crippen LogP contribution in [-0.4, -0.2) is 29.9 Å². The predicted octanol–water partition coefficient (Wildman–Crippen LogP) is 14.9. The van der Waals surface area contributed by atoms with E-state index in [2.05, 4.69) is 158 Å². The van der Waals surface area contributed by atoms with Crippen molar-refractivity contribution in [1.29, 1.82) is 0 Å². The summed E-state index contributed by atoms with van der Waals surface area (Å²) in [4.78, 5) is 31.0. The average Bonchev–Trinajstić information content (AvgIpc) is 3.77. The van der Waals surface area contributed by atoms with Gasteiger partial charge in [0.25, 0.3) is 0 Å². The molecule has 9 aromatic carbocycles. The Bertz CT molecular complexity index is 3700. The molecular weight excluding hydrogens is 813 g/mol. The first kappa shape index (κ1) is 38.2. The molecule has 0 aliphatic rings. The van der Waals surface area contributed by atoms with Gasteiger partial charge in [-0.1, -0.05) is 200 Å². The van der Waals surface area contributed by atoms with E-state index in [-0.39, 0.29) is 0 Å². The van der Waals surface area contributed by atoms with E-state index in [1.807, 2.05) is 60.7 Å². The van der Waals surface area contributed by atoms with Gasteiger partial charge in [0.15, 0.2) is 34.9 Å². The number of benzene rings is 9. The van der Waals surface area contributed by atoms with Crippen LogP contribution in [0.25, 0.3) is 122 Å². The zero-order valence-electron chi connectivity index (χ0n) is 34.9. The molecule has 0 aliphatic heterocycles. The van der Waals surface area contributed by atoms with Gasteiger partial charge < -0.3 is 0 Å². The maximum atomic E-state index is 5.33. The molecule has 0 N–H and O–H groups in total. The van der Waals surface area contributed by atoms with Crippen molar-refractivity contribution in [3.05, 3.63) is 218 Å². The fourth-order valence-corrected chi connectivity index (χ4v) is 9.82. The monoisotopic (exact) mass is 848 g/mol. The summed E-state index contributed by atoms with van der Waals surface area (Å²) in [6.07, 6.45) is 0. The second-order valence-electron chi connectivity index (χ2n) is 15.9. The van der Waals surface area contributed by atoms with Gasteiger partial charge in [-0.2, -0.15) is 0 Å². The molecule has 0 fully saturated rings. The van der Waals surface area contributed by atoms with E-state index in [1.165, 1.54) is 10.1 Å². The fourth-order valence-electron chi connectivity index (χ4n) is 8.65. The molecule has 7 heteroatoms. The summed E-state index contributed by atoms with van der Waals surface area (Å²) in [5, 5.41) is 4.52. The van der Waals surface area contributed by atoms with Gasteiger partial charge in [-0.25, -0.2) is 29.9 Å². The topological polar surface area (TPSA) is 77.3 Å². The average molecular weight is 849 g/mol. The van der Waals surface area contributed by atoms with Crippen LogP contribution in [0.5, 0.6) is 0 Å². The molecule has 0 unspecified atom stereocenters. The van der Waals surface area contributed by atoms with Crippen molar-refractivity contribution in [2.75, 3.05) is 0 Å². The van der Waals surface area contributed by atoms with Crippen molar-refractivity contribution in [2.45, 2.75) is 0 Å². The number of aromatic nitrogens is 6. The Balaban J connectivity index is 1.01. The molecule has 304 valence electrons. The van der Waals surface area contributed by atoms with Gasteiger partial charge in [-0.05, 0) is 51.2 Å². The lowest BCUT2D eigenvalue weighted by atomic mass is 9.97. The summed E-state index contributed by atoms with van der Waals surface area (Å²) >= 11 is 1.78. The number of nitrogens with zero attached hydrogens (tertiary/aromatic N) is 6. The maximum absolute atomic E-state index is 5.33. The first-order valence-electron chi connectivity index (χ1n) is 21.5. The number of fused-ring (bicyclic) bond motifs is 4. The first-order valence-corrected chi connectivity index (χ1v) is 22.3. The Morgan fingerprint density at radius 3 is 1.37 bits per heavy atom. The van der Waals surface area contributed by atoms with E-state index in [4.69, 9.17) is 29.9 Å². The van der Waals surface area contributed by atoms with Crippen LogP contribution in [-0.2, 0) is 0 Å². The van der Waals surface area contributed by atoms with Crippen molar-refractivity contribution in [3.8, 4) is 90.6 Å². The van der Waals surface area contributed by atoms with Crippen molar-refractivity contribution in [1.82, 2.24) is 29.9 Å². The molecular formula is C58H36N6S. The van der Waals surface area contributed by atoms with E-state index in [0.717, 1.165) is 76.5 Å². The van der Waals surface area contributed by atoms with Crippen LogP contribution >= 0.6 is 11.3 Å². The summed E-state index contributed by atoms with van der Waals surface area (Å²) in [5.74, 6) is 3.71. The van der Waals surface area contributed by atoms with Crippen molar-refractivity contribution < 1.29 is 0 Å². The molecule has 0 bridgehead atoms. The van der Waals surface area contributed by atoms with E-state index < -0.39 is 0 Å². The van der Waals surface area contributed by atoms with Gasteiger partial charge in [0.05, 0.1) is 0 Å². The maximum Gasteiger partial charge on any atom is 0.164 e. The Morgan fingerprint density at radius 1 is 0.246 bits per heavy atom. The van der Waals surface area contributed by atoms with Crippen molar-refractivity contribution >= 4 is 42.3 Å². The van der Waals surface area contributed by atoms with Crippen LogP contribution in [0, 0.1) is 0 Å². The Morgan fingerprint density at radius 2 is 0.692 bits per heavy atom. The van der Waals surface area contributed by atoms with Crippen LogP contribution in [0.4, 0.5) is 0 Å². The van der Waals surface area contributed by atoms with Gasteiger partial charge >= 0.3 is 0 Å². The van der Waals surface area contributed by atoms with Crippen LogP contribution < -0.4 is 0 Å². The summed E-state index contributed by atoms with van der Waals surface area (Å²) in [6.45, 7) is 0. The third kappa shape index (κ3) is 7.20. The van der Waals surface area contributed by atoms with E-state index in [1.54, 1.807) is 11.3 Å². The quantitative estimate of drug-likeness (QED) is 0.152. The minimum atomic E-state index is 0.600. The highest BCUT2D eigenvalue weighted by atomic mass is 32.1. The third-order valence-corrected chi connectivity index (χ3v) is 12.9. The van der Waals surface area contributed by atoms with Crippen LogP contribution in [0.1, 0.15) is 0 Å². The molecule has 3 heterocycles. The second kappa shape index (κ2) is 16.3. The Labute approximate surface area is 379 Å². The zero-order chi connectivity index (χ0) is 43.1. The van der Waals surface area contributed by atoms with Crippen LogP contribution in [0.3, 0.4) is 0 Å². The largest absolute Gasteiger partial charge is 0.208 e. The number of thiophene rings is 1. The summed E-state index contributed by atoms with van der Waals surface area (Å²) in [5.41, 5.74) is 9.86. The van der Waals surface area contributed by atoms with Crippen molar-refractivity contribution in [2.24, 2.45) is 0 Å². The lowest BCUT2D eigenvalue weighted by Crippen LogP contribution is -2.01. The molecule has 3 aromatic heterocycles. The second-order valence-corrected chi connectivity index (χ2v) is 16.9. The van der Waals surface area contributed by atoms with Crippen LogP contribution in [0.15, 0.2) is 218 Å². The summed E-state index contributed by atoms with van der Waals surface area (Å²) < 4.78 is 2.36. The molecule has 65 heavy (non-hydrogen) atoms. The van der Waals surface area contributed by atoms with Gasteiger partial charge in [-0.15, -0.1) is 11.3 Å². The highest BCUT2D eigenvalue weighted by Crippen LogP contribution is 2.43. The molecule has 12 aromatic rings. The first-order chi connectivity index (χ1) is 32.2. The van der Waals surface area contributed by atoms with Gasteiger partial charge in [-0.3, -0.25) is 0 Å². The van der Waals surface area contributed by atoms with Gasteiger partial charge in [0.1, 0.15) is 0 Å². The van der Waals surface area contributed by atoms with E-state index in [0.29, 0.717) is 34.9 Å². The molecule has 0 atom stereocenters. The Hall–Kier alpha value is -8.52. The summed E-state index contributed by atoms with van der Waals surface area (Å²) in [7, 11) is 0. The highest BCUT2D eigenvalue weighted by molar-refractivity contribution is 7.26. The van der Waals surface area contributed by atoms with Crippen LogP contribution in [0.2, 0.25) is 0 Å². The molecule has 0 spiro atoms. The number of hydrogen-bond donors (Lipinski definition) is 0. The minimum Gasteiger partial charge on any atom is -0.208 e. The van der Waals surface area contributed by atoms with Crippen molar-refractivity contribution in [3.63, 3.8) is 0 Å². The standard InChI is InChI=1S/C58H36N6S/c1-4-17-38(18-5-1)44-26-12-13-27-46(44)56-60-53(40-20-6-2-7-21-40)59-55(62-56)42-33-31-37(32-34-42)43-35-49(52-48-28-14-15-30-50(48)65-51(52)36-43)58-63-54(41-22-8-3-9-23-41)61-57(64-58)47-29-16-24-39-19-10-11-25-45(39)47/h1-36H. The molecule has 12 rings (SSSR count). The molecule has 0 radical (unpaired) electrons. The number of hydrogen-bond acceptors (Lipinski definition) is 7. The SMILES string of the molecule is c1ccc(-c2nc(-c3ccc(-c4cc(-c5nc(-c6ccccc6)nc(-c6cccc7ccccc67)n5)c5c(c4)sc4ccccc45)cc3)nc(-c3ccccc3-c3ccccc3)n2)cc1. The van der Waals surface area contributed by atoms with E-state index in [9.17, 15) is 0 Å². The zero-order valence-corrected chi connectivity index (χ0v) is 35.7. The van der Waals surface area contributed by atoms with Gasteiger partial charge in [0.2, 0.25) is 0 Å². The lowest BCUT2D eigenvalue weighted by molar-refractivity contribution is 1.07. The van der Waals surface area contributed by atoms with E-state index >= 15 is 0 Å². The highest BCUT2D eigenvalue weighted by Gasteiger charge is 2.21. The normalized spacial score (nSPS) is 11.4. The summed E-state index contributed by atoms with van der Waals surface area (Å²) in [6, 6.07) is 75.3. The van der Waals surface area contributed by atoms with Gasteiger partial charge in [0, 0.05) is 53.6 Å². The third-order valence-electron chi connectivity index (χ3n) is 11.8. The molecule has 0 saturated heterocycles. The molecule has 0 saturated carbocycles. The molecule has 6 nitrogen and oxygen atoms in total. The smallest absolute Gasteiger partial charge is 0.164 e. The lowest BCUT2D eigenvalue weighted by Gasteiger charge is -2.13. The fraction of sp³-hybridized carbons (Fsp3) is 0. The minimum absolute atomic E-state index is 0.600. The predicted molar refractivity (Wildman–Crippen MR) is 267 cm³/mol. The molecule has 0 aliphatic carbocycles. The Kier molecular flexibility index (Phi) is 9.58. The molecule has 0 amide bonds.